The fourth-order valence-electron chi connectivity index (χ4n) is 4.28. The van der Waals surface area contributed by atoms with E-state index >= 15 is 0 Å². The summed E-state index contributed by atoms with van der Waals surface area (Å²) in [5.74, 6) is 0.493. The molecule has 0 bridgehead atoms. The highest BCUT2D eigenvalue weighted by Gasteiger charge is 2.32. The summed E-state index contributed by atoms with van der Waals surface area (Å²) in [7, 11) is 1.62. The molecule has 190 valence electrons. The van der Waals surface area contributed by atoms with E-state index < -0.39 is 5.60 Å². The van der Waals surface area contributed by atoms with Crippen LogP contribution in [-0.2, 0) is 4.74 Å². The zero-order valence-corrected chi connectivity index (χ0v) is 21.7. The van der Waals surface area contributed by atoms with Crippen LogP contribution >= 0.6 is 11.6 Å². The van der Waals surface area contributed by atoms with E-state index in [9.17, 15) is 9.59 Å². The number of benzene rings is 2. The van der Waals surface area contributed by atoms with Gasteiger partial charge in [-0.25, -0.2) is 9.48 Å². The van der Waals surface area contributed by atoms with Gasteiger partial charge in [-0.05, 0) is 76.1 Å². The lowest BCUT2D eigenvalue weighted by atomic mass is 9.90. The summed E-state index contributed by atoms with van der Waals surface area (Å²) < 4.78 is 12.6. The molecule has 2 heterocycles. The van der Waals surface area contributed by atoms with Crippen molar-refractivity contribution in [2.75, 3.05) is 25.5 Å². The second-order valence-electron chi connectivity index (χ2n) is 9.76. The van der Waals surface area contributed by atoms with Crippen LogP contribution in [0.2, 0.25) is 5.02 Å². The second kappa shape index (κ2) is 10.6. The highest BCUT2D eigenvalue weighted by atomic mass is 35.5. The third-order valence-corrected chi connectivity index (χ3v) is 6.22. The number of hydrogen-bond acceptors (Lipinski definition) is 5. The summed E-state index contributed by atoms with van der Waals surface area (Å²) >= 11 is 6.10. The lowest BCUT2D eigenvalue weighted by Crippen LogP contribution is -2.41. The number of aromatic nitrogens is 2. The zero-order valence-electron chi connectivity index (χ0n) is 21.0. The summed E-state index contributed by atoms with van der Waals surface area (Å²) in [6.45, 7) is 6.63. The molecule has 1 aromatic heterocycles. The minimum absolute atomic E-state index is 0.0217. The van der Waals surface area contributed by atoms with E-state index in [1.165, 1.54) is 0 Å². The van der Waals surface area contributed by atoms with Gasteiger partial charge in [-0.2, -0.15) is 5.10 Å². The molecule has 1 aliphatic rings. The Balaban J connectivity index is 1.62. The Hall–Kier alpha value is -3.52. The average molecular weight is 511 g/mol. The summed E-state index contributed by atoms with van der Waals surface area (Å²) in [6.07, 6.45) is 2.64. The third-order valence-electron chi connectivity index (χ3n) is 5.98. The number of rotatable bonds is 5. The minimum Gasteiger partial charge on any atom is -0.497 e. The fourth-order valence-corrected chi connectivity index (χ4v) is 4.47. The van der Waals surface area contributed by atoms with Gasteiger partial charge in [0.15, 0.2) is 0 Å². The van der Waals surface area contributed by atoms with Crippen LogP contribution in [0.15, 0.2) is 54.7 Å². The predicted molar refractivity (Wildman–Crippen MR) is 139 cm³/mol. The van der Waals surface area contributed by atoms with Gasteiger partial charge in [0.25, 0.3) is 5.91 Å². The number of methoxy groups -OCH3 is 1. The first-order valence-electron chi connectivity index (χ1n) is 11.9. The Labute approximate surface area is 216 Å². The monoisotopic (exact) mass is 510 g/mol. The summed E-state index contributed by atoms with van der Waals surface area (Å²) in [6, 6.07) is 14.6. The standard InChI is InChI=1S/C27H31ClN4O4/c1-27(2,3)36-26(34)31-14-12-18(13-15-31)24-23(25(33)30-20-7-5-6-19(28)16-20)17-29-32(24)21-8-10-22(35-4)11-9-21/h5-11,16-18H,12-15H2,1-4H3,(H,30,33). The lowest BCUT2D eigenvalue weighted by molar-refractivity contribution is 0.0203. The number of piperidine rings is 1. The van der Waals surface area contributed by atoms with E-state index in [1.54, 1.807) is 47.2 Å². The van der Waals surface area contributed by atoms with Crippen LogP contribution in [0.4, 0.5) is 10.5 Å². The first-order valence-corrected chi connectivity index (χ1v) is 12.3. The molecule has 0 spiro atoms. The normalized spacial score (nSPS) is 14.4. The van der Waals surface area contributed by atoms with Crippen molar-refractivity contribution in [2.45, 2.75) is 45.1 Å². The maximum absolute atomic E-state index is 13.4. The number of nitrogens with one attached hydrogen (secondary N) is 1. The number of likely N-dealkylation sites (tertiary alicyclic amines) is 1. The molecule has 1 saturated heterocycles. The van der Waals surface area contributed by atoms with Crippen molar-refractivity contribution >= 4 is 29.3 Å². The topological polar surface area (TPSA) is 85.7 Å². The molecule has 0 aliphatic carbocycles. The quantitative estimate of drug-likeness (QED) is 0.461. The number of carbonyl (C=O) groups excluding carboxylic acids is 2. The van der Waals surface area contributed by atoms with Crippen LogP contribution in [-0.4, -0.2) is 52.5 Å². The Kier molecular flexibility index (Phi) is 7.54. The van der Waals surface area contributed by atoms with Crippen molar-refractivity contribution in [3.05, 3.63) is 71.0 Å². The third kappa shape index (κ3) is 5.99. The van der Waals surface area contributed by atoms with E-state index in [2.05, 4.69) is 10.4 Å². The van der Waals surface area contributed by atoms with E-state index in [0.717, 1.165) is 17.1 Å². The number of hydrogen-bond donors (Lipinski definition) is 1. The molecule has 1 fully saturated rings. The van der Waals surface area contributed by atoms with Crippen LogP contribution in [0.25, 0.3) is 5.69 Å². The number of carbonyl (C=O) groups is 2. The van der Waals surface area contributed by atoms with E-state index in [4.69, 9.17) is 21.1 Å². The maximum atomic E-state index is 13.4. The molecule has 3 aromatic rings. The molecule has 8 nitrogen and oxygen atoms in total. The van der Waals surface area contributed by atoms with Gasteiger partial charge >= 0.3 is 6.09 Å². The Bertz CT molecular complexity index is 1230. The Morgan fingerprint density at radius 2 is 1.78 bits per heavy atom. The second-order valence-corrected chi connectivity index (χ2v) is 10.2. The molecular formula is C27H31ClN4O4. The maximum Gasteiger partial charge on any atom is 0.410 e. The molecule has 2 aromatic carbocycles. The van der Waals surface area contributed by atoms with Crippen LogP contribution in [0, 0.1) is 0 Å². The van der Waals surface area contributed by atoms with Crippen molar-refractivity contribution in [3.8, 4) is 11.4 Å². The Morgan fingerprint density at radius 1 is 1.08 bits per heavy atom. The van der Waals surface area contributed by atoms with Crippen LogP contribution in [0.1, 0.15) is 55.6 Å². The zero-order chi connectivity index (χ0) is 25.9. The number of amides is 2. The molecule has 0 atom stereocenters. The first kappa shape index (κ1) is 25.6. The number of anilines is 1. The number of halogens is 1. The SMILES string of the molecule is COc1ccc(-n2ncc(C(=O)Nc3cccc(Cl)c3)c2C2CCN(C(=O)OC(C)(C)C)CC2)cc1. The highest BCUT2D eigenvalue weighted by Crippen LogP contribution is 2.33. The van der Waals surface area contributed by atoms with Gasteiger partial charge < -0.3 is 19.7 Å². The van der Waals surface area contributed by atoms with Gasteiger partial charge in [-0.1, -0.05) is 17.7 Å². The van der Waals surface area contributed by atoms with Crippen LogP contribution in [0.3, 0.4) is 0 Å². The Morgan fingerprint density at radius 3 is 2.39 bits per heavy atom. The summed E-state index contributed by atoms with van der Waals surface area (Å²) in [5, 5.41) is 8.06. The van der Waals surface area contributed by atoms with Gasteiger partial charge in [-0.3, -0.25) is 4.79 Å². The van der Waals surface area contributed by atoms with E-state index in [1.807, 2.05) is 45.0 Å². The van der Waals surface area contributed by atoms with Crippen LogP contribution < -0.4 is 10.1 Å². The molecule has 36 heavy (non-hydrogen) atoms. The van der Waals surface area contributed by atoms with Crippen molar-refractivity contribution in [1.29, 1.82) is 0 Å². The number of ether oxygens (including phenoxy) is 2. The lowest BCUT2D eigenvalue weighted by Gasteiger charge is -2.34. The van der Waals surface area contributed by atoms with Gasteiger partial charge in [0.2, 0.25) is 0 Å². The molecule has 1 aliphatic heterocycles. The van der Waals surface area contributed by atoms with Crippen LogP contribution in [0.5, 0.6) is 5.75 Å². The van der Waals surface area contributed by atoms with Crippen molar-refractivity contribution in [3.63, 3.8) is 0 Å². The molecule has 0 radical (unpaired) electrons. The van der Waals surface area contributed by atoms with Gasteiger partial charge in [0.05, 0.1) is 30.3 Å². The predicted octanol–water partition coefficient (Wildman–Crippen LogP) is 5.90. The first-order chi connectivity index (χ1) is 17.1. The molecule has 9 heteroatoms. The molecule has 4 rings (SSSR count). The molecular weight excluding hydrogens is 480 g/mol. The number of nitrogens with zero attached hydrogens (tertiary/aromatic N) is 3. The van der Waals surface area contributed by atoms with E-state index in [-0.39, 0.29) is 17.9 Å². The van der Waals surface area contributed by atoms with Crippen molar-refractivity contribution in [2.24, 2.45) is 0 Å². The molecule has 1 N–H and O–H groups in total. The van der Waals surface area contributed by atoms with Crippen molar-refractivity contribution < 1.29 is 19.1 Å². The molecule has 0 saturated carbocycles. The molecule has 0 unspecified atom stereocenters. The fraction of sp³-hybridized carbons (Fsp3) is 0.370. The largest absolute Gasteiger partial charge is 0.497 e. The average Bonchev–Trinajstić information content (AvgIpc) is 3.28. The van der Waals surface area contributed by atoms with Gasteiger partial charge in [0, 0.05) is 29.7 Å². The van der Waals surface area contributed by atoms with Crippen molar-refractivity contribution in [1.82, 2.24) is 14.7 Å². The molecule has 2 amide bonds. The summed E-state index contributed by atoms with van der Waals surface area (Å²) in [4.78, 5) is 27.6. The van der Waals surface area contributed by atoms with E-state index in [0.29, 0.717) is 42.2 Å². The highest BCUT2D eigenvalue weighted by molar-refractivity contribution is 6.31. The van der Waals surface area contributed by atoms with Gasteiger partial charge in [0.1, 0.15) is 11.4 Å². The minimum atomic E-state index is -0.549. The van der Waals surface area contributed by atoms with Gasteiger partial charge in [-0.15, -0.1) is 0 Å². The summed E-state index contributed by atoms with van der Waals surface area (Å²) in [5.41, 5.74) is 2.18. The smallest absolute Gasteiger partial charge is 0.410 e.